The molecule has 0 saturated heterocycles. The first-order chi connectivity index (χ1) is 8.18. The van der Waals surface area contributed by atoms with Gasteiger partial charge in [0.2, 0.25) is 0 Å². The zero-order chi connectivity index (χ0) is 12.3. The molecule has 92 valence electrons. The molecule has 1 aromatic rings. The van der Waals surface area contributed by atoms with E-state index in [1.54, 1.807) is 0 Å². The molecular formula is C14H19NO2. The molecule has 1 aliphatic rings. The maximum absolute atomic E-state index is 12.1. The second-order valence-corrected chi connectivity index (χ2v) is 4.71. The Morgan fingerprint density at radius 2 is 2.24 bits per heavy atom. The monoisotopic (exact) mass is 233 g/mol. The van der Waals surface area contributed by atoms with Crippen molar-refractivity contribution in [2.45, 2.75) is 32.4 Å². The minimum Gasteiger partial charge on any atom is -0.371 e. The summed E-state index contributed by atoms with van der Waals surface area (Å²) in [6.45, 7) is 5.67. The molecule has 0 radical (unpaired) electrons. The van der Waals surface area contributed by atoms with Crippen molar-refractivity contribution in [3.05, 3.63) is 35.4 Å². The number of Topliss-reactive ketones (excluding diaryl/α,β-unsaturated/α-hetero) is 1. The average Bonchev–Trinajstić information content (AvgIpc) is 2.35. The first-order valence-corrected chi connectivity index (χ1v) is 6.11. The molecule has 0 amide bonds. The predicted octanol–water partition coefficient (Wildman–Crippen LogP) is 1.87. The van der Waals surface area contributed by atoms with Crippen LogP contribution < -0.4 is 5.32 Å². The highest BCUT2D eigenvalue weighted by molar-refractivity contribution is 5.87. The van der Waals surface area contributed by atoms with Gasteiger partial charge in [0, 0.05) is 13.1 Å². The summed E-state index contributed by atoms with van der Waals surface area (Å²) in [7, 11) is 0. The Morgan fingerprint density at radius 3 is 3.00 bits per heavy atom. The van der Waals surface area contributed by atoms with Crippen LogP contribution in [0.5, 0.6) is 0 Å². The first-order valence-electron chi connectivity index (χ1n) is 6.11. The molecule has 3 heteroatoms. The summed E-state index contributed by atoms with van der Waals surface area (Å²) in [4.78, 5) is 12.1. The number of carbonyl (C=O) groups excluding carboxylic acids is 1. The van der Waals surface area contributed by atoms with Crippen LogP contribution in [-0.2, 0) is 16.1 Å². The van der Waals surface area contributed by atoms with Crippen LogP contribution in [0.2, 0.25) is 0 Å². The normalized spacial score (nSPS) is 19.1. The van der Waals surface area contributed by atoms with Crippen LogP contribution >= 0.6 is 0 Å². The van der Waals surface area contributed by atoms with E-state index >= 15 is 0 Å². The Balaban J connectivity index is 2.10. The molecule has 1 N–H and O–H groups in total. The highest BCUT2D eigenvalue weighted by Crippen LogP contribution is 2.24. The van der Waals surface area contributed by atoms with Gasteiger partial charge in [-0.2, -0.15) is 0 Å². The minimum absolute atomic E-state index is 0.0568. The molecule has 1 atom stereocenters. The zero-order valence-corrected chi connectivity index (χ0v) is 10.4. The van der Waals surface area contributed by atoms with Crippen LogP contribution in [-0.4, -0.2) is 25.0 Å². The van der Waals surface area contributed by atoms with Gasteiger partial charge in [-0.1, -0.05) is 24.3 Å². The Kier molecular flexibility index (Phi) is 3.92. The fraction of sp³-hybridized carbons (Fsp3) is 0.500. The highest BCUT2D eigenvalue weighted by Gasteiger charge is 2.25. The third-order valence-electron chi connectivity index (χ3n) is 3.04. The average molecular weight is 233 g/mol. The molecule has 3 nitrogen and oxygen atoms in total. The summed E-state index contributed by atoms with van der Waals surface area (Å²) in [6, 6.07) is 8.13. The minimum atomic E-state index is -0.0568. The lowest BCUT2D eigenvalue weighted by Gasteiger charge is -2.25. The van der Waals surface area contributed by atoms with E-state index in [-0.39, 0.29) is 24.4 Å². The molecule has 0 bridgehead atoms. The molecule has 0 aliphatic carbocycles. The molecular weight excluding hydrogens is 214 g/mol. The third-order valence-corrected chi connectivity index (χ3v) is 3.04. The molecule has 1 heterocycles. The van der Waals surface area contributed by atoms with Crippen molar-refractivity contribution in [1.82, 2.24) is 5.32 Å². The fourth-order valence-corrected chi connectivity index (χ4v) is 2.13. The number of nitrogens with one attached hydrogen (secondary N) is 1. The molecule has 0 saturated carbocycles. The number of ketones is 1. The summed E-state index contributed by atoms with van der Waals surface area (Å²) in [6.07, 6.45) is 0.103. The van der Waals surface area contributed by atoms with Gasteiger partial charge in [0.15, 0.2) is 5.78 Å². The molecule has 1 aromatic carbocycles. The Morgan fingerprint density at radius 1 is 1.47 bits per heavy atom. The Labute approximate surface area is 102 Å². The summed E-state index contributed by atoms with van der Waals surface area (Å²) < 4.78 is 5.39. The number of rotatable bonds is 4. The fourth-order valence-electron chi connectivity index (χ4n) is 2.13. The van der Waals surface area contributed by atoms with E-state index < -0.39 is 0 Å². The van der Waals surface area contributed by atoms with E-state index in [2.05, 4.69) is 11.4 Å². The van der Waals surface area contributed by atoms with Crippen LogP contribution in [0.4, 0.5) is 0 Å². The quantitative estimate of drug-likeness (QED) is 0.862. The smallest absolute Gasteiger partial charge is 0.167 e. The van der Waals surface area contributed by atoms with Crippen LogP contribution in [0.15, 0.2) is 24.3 Å². The topological polar surface area (TPSA) is 38.3 Å². The van der Waals surface area contributed by atoms with Crippen molar-refractivity contribution in [1.29, 1.82) is 0 Å². The van der Waals surface area contributed by atoms with Gasteiger partial charge in [0.25, 0.3) is 0 Å². The number of fused-ring (bicyclic) bond motifs is 1. The van der Waals surface area contributed by atoms with Gasteiger partial charge in [-0.05, 0) is 25.0 Å². The maximum Gasteiger partial charge on any atom is 0.167 e. The lowest BCUT2D eigenvalue weighted by molar-refractivity contribution is -0.126. The highest BCUT2D eigenvalue weighted by atomic mass is 16.5. The maximum atomic E-state index is 12.1. The molecule has 1 aliphatic heterocycles. The van der Waals surface area contributed by atoms with Gasteiger partial charge in [-0.25, -0.2) is 0 Å². The van der Waals surface area contributed by atoms with E-state index in [1.807, 2.05) is 32.0 Å². The van der Waals surface area contributed by atoms with Crippen molar-refractivity contribution in [2.75, 3.05) is 13.2 Å². The second-order valence-electron chi connectivity index (χ2n) is 4.71. The molecule has 1 unspecified atom stereocenters. The van der Waals surface area contributed by atoms with Crippen molar-refractivity contribution >= 4 is 5.78 Å². The van der Waals surface area contributed by atoms with Gasteiger partial charge in [0.1, 0.15) is 6.61 Å². The van der Waals surface area contributed by atoms with Gasteiger partial charge in [0.05, 0.1) is 12.0 Å². The molecule has 2 rings (SSSR count). The lowest BCUT2D eigenvalue weighted by atomic mass is 9.88. The standard InChI is InChI=1S/C14H19NO2/c1-10(2)17-9-14(16)13-8-15-7-11-5-3-4-6-12(11)13/h3-6,10,13,15H,7-9H2,1-2H3. The van der Waals surface area contributed by atoms with Crippen molar-refractivity contribution in [3.8, 4) is 0 Å². The molecule has 17 heavy (non-hydrogen) atoms. The van der Waals surface area contributed by atoms with Crippen molar-refractivity contribution in [2.24, 2.45) is 0 Å². The summed E-state index contributed by atoms with van der Waals surface area (Å²) in [5.41, 5.74) is 2.38. The number of hydrogen-bond acceptors (Lipinski definition) is 3. The number of ether oxygens (including phenoxy) is 1. The largest absolute Gasteiger partial charge is 0.371 e. The lowest BCUT2D eigenvalue weighted by Crippen LogP contribution is -2.34. The number of carbonyl (C=O) groups is 1. The zero-order valence-electron chi connectivity index (χ0n) is 10.4. The Bertz CT molecular complexity index is 401. The summed E-state index contributed by atoms with van der Waals surface area (Å²) in [5.74, 6) is 0.108. The summed E-state index contributed by atoms with van der Waals surface area (Å²) in [5, 5.41) is 3.28. The molecule has 0 aromatic heterocycles. The van der Waals surface area contributed by atoms with E-state index in [4.69, 9.17) is 4.74 Å². The summed E-state index contributed by atoms with van der Waals surface area (Å²) >= 11 is 0. The SMILES string of the molecule is CC(C)OCC(=O)C1CNCc2ccccc21. The van der Waals surface area contributed by atoms with Crippen molar-refractivity contribution in [3.63, 3.8) is 0 Å². The van der Waals surface area contributed by atoms with Gasteiger partial charge in [-0.15, -0.1) is 0 Å². The molecule has 0 spiro atoms. The first kappa shape index (κ1) is 12.3. The van der Waals surface area contributed by atoms with Crippen LogP contribution in [0.25, 0.3) is 0 Å². The third kappa shape index (κ3) is 2.93. The van der Waals surface area contributed by atoms with Crippen LogP contribution in [0.1, 0.15) is 30.9 Å². The van der Waals surface area contributed by atoms with E-state index in [9.17, 15) is 4.79 Å². The van der Waals surface area contributed by atoms with Crippen LogP contribution in [0.3, 0.4) is 0 Å². The Hall–Kier alpha value is -1.19. The van der Waals surface area contributed by atoms with Crippen LogP contribution in [0, 0.1) is 0 Å². The van der Waals surface area contributed by atoms with E-state index in [0.29, 0.717) is 0 Å². The number of hydrogen-bond donors (Lipinski definition) is 1. The van der Waals surface area contributed by atoms with Gasteiger partial charge >= 0.3 is 0 Å². The van der Waals surface area contributed by atoms with Crippen molar-refractivity contribution < 1.29 is 9.53 Å². The predicted molar refractivity (Wildman–Crippen MR) is 67.0 cm³/mol. The van der Waals surface area contributed by atoms with Gasteiger partial charge in [-0.3, -0.25) is 4.79 Å². The van der Waals surface area contributed by atoms with E-state index in [0.717, 1.165) is 18.7 Å². The van der Waals surface area contributed by atoms with E-state index in [1.165, 1.54) is 5.56 Å². The van der Waals surface area contributed by atoms with Gasteiger partial charge < -0.3 is 10.1 Å². The molecule has 0 fully saturated rings. The second kappa shape index (κ2) is 5.43. The number of benzene rings is 1.